The number of imidazole rings is 1. The number of hydrogen-bond acceptors (Lipinski definition) is 8. The molecule has 11 heteroatoms. The van der Waals surface area contributed by atoms with Gasteiger partial charge in [0.1, 0.15) is 11.8 Å². The van der Waals surface area contributed by atoms with Gasteiger partial charge in [-0.1, -0.05) is 13.8 Å². The molecule has 1 aliphatic heterocycles. The molecule has 5 N–H and O–H groups in total. The van der Waals surface area contributed by atoms with Crippen LogP contribution < -0.4 is 17.0 Å². The lowest BCUT2D eigenvalue weighted by Crippen LogP contribution is -2.41. The molecule has 1 saturated heterocycles. The topological polar surface area (TPSA) is 151 Å². The second-order valence-electron chi connectivity index (χ2n) is 7.28. The Labute approximate surface area is 154 Å². The molecule has 27 heavy (non-hydrogen) atoms. The number of anilines is 1. The molecule has 3 atom stereocenters. The third-order valence-corrected chi connectivity index (χ3v) is 4.72. The second-order valence-corrected chi connectivity index (χ2v) is 7.28. The molecule has 10 nitrogen and oxygen atoms in total. The fraction of sp³-hybridized carbons (Fsp3) is 0.625. The first-order valence-corrected chi connectivity index (χ1v) is 8.59. The largest absolute Gasteiger partial charge is 0.458 e. The Bertz CT molecular complexity index is 927. The van der Waals surface area contributed by atoms with E-state index in [-0.39, 0.29) is 35.9 Å². The highest BCUT2D eigenvalue weighted by atomic mass is 19.2. The normalized spacial score (nSPS) is 26.6. The third-order valence-electron chi connectivity index (χ3n) is 4.72. The minimum Gasteiger partial charge on any atom is -0.458 e. The Balaban J connectivity index is 1.80. The standard InChI is InChI=1S/C16H23FN6O4/c1-8(2)9(18)13(25)26-6-16(17)5-4-15(3,27-16)23-7-20-10-11(23)21-14(19)22-12(10)24/h7-9H,4-6,18H2,1-3H3,(H3,19,21,22,24)/t9-,15+,16-/m0/s1. The highest BCUT2D eigenvalue weighted by molar-refractivity contribution is 5.75. The first-order valence-electron chi connectivity index (χ1n) is 8.59. The van der Waals surface area contributed by atoms with Crippen LogP contribution in [-0.2, 0) is 20.0 Å². The van der Waals surface area contributed by atoms with Crippen molar-refractivity contribution in [3.8, 4) is 0 Å². The number of H-pyrrole nitrogens is 1. The third kappa shape index (κ3) is 3.52. The van der Waals surface area contributed by atoms with Gasteiger partial charge in [0, 0.05) is 12.8 Å². The zero-order valence-corrected chi connectivity index (χ0v) is 15.4. The van der Waals surface area contributed by atoms with E-state index in [1.165, 1.54) is 10.9 Å². The summed E-state index contributed by atoms with van der Waals surface area (Å²) in [6.45, 7) is 4.59. The van der Waals surface area contributed by atoms with Crippen molar-refractivity contribution in [3.63, 3.8) is 0 Å². The Hall–Kier alpha value is -2.53. The molecule has 0 unspecified atom stereocenters. The van der Waals surface area contributed by atoms with E-state index < -0.39 is 35.8 Å². The summed E-state index contributed by atoms with van der Waals surface area (Å²) in [5, 5.41) is 0. The van der Waals surface area contributed by atoms with Crippen molar-refractivity contribution in [2.24, 2.45) is 11.7 Å². The van der Waals surface area contributed by atoms with Gasteiger partial charge in [-0.05, 0) is 12.8 Å². The minimum absolute atomic E-state index is 0.0218. The average Bonchev–Trinajstić information content (AvgIpc) is 3.14. The molecular formula is C16H23FN6O4. The van der Waals surface area contributed by atoms with Crippen LogP contribution in [0.4, 0.5) is 10.3 Å². The van der Waals surface area contributed by atoms with Gasteiger partial charge >= 0.3 is 5.97 Å². The summed E-state index contributed by atoms with van der Waals surface area (Å²) in [5.41, 5.74) is 9.87. The number of carbonyl (C=O) groups is 1. The van der Waals surface area contributed by atoms with Gasteiger partial charge < -0.3 is 20.9 Å². The molecule has 0 aromatic carbocycles. The Morgan fingerprint density at radius 1 is 1.52 bits per heavy atom. The number of aromatic nitrogens is 4. The number of hydrogen-bond donors (Lipinski definition) is 3. The Morgan fingerprint density at radius 2 is 2.22 bits per heavy atom. The SMILES string of the molecule is CC(C)[C@H](N)C(=O)OC[C@]1(F)CC[C@](C)(n2cnc3c(=O)[nH]c(N)nc32)O1. The molecule has 0 spiro atoms. The average molecular weight is 382 g/mol. The quantitative estimate of drug-likeness (QED) is 0.628. The van der Waals surface area contributed by atoms with Crippen molar-refractivity contribution < 1.29 is 18.7 Å². The molecule has 2 aromatic heterocycles. The number of aromatic amines is 1. The van der Waals surface area contributed by atoms with Crippen LogP contribution in [0.1, 0.15) is 33.6 Å². The summed E-state index contributed by atoms with van der Waals surface area (Å²) in [6, 6.07) is -0.835. The summed E-state index contributed by atoms with van der Waals surface area (Å²) in [5.74, 6) is -3.09. The number of carbonyl (C=O) groups excluding carboxylic acids is 1. The predicted molar refractivity (Wildman–Crippen MR) is 94.1 cm³/mol. The lowest BCUT2D eigenvalue weighted by atomic mass is 10.1. The highest BCUT2D eigenvalue weighted by Gasteiger charge is 2.50. The number of rotatable bonds is 5. The molecule has 3 rings (SSSR count). The molecular weight excluding hydrogens is 359 g/mol. The van der Waals surface area contributed by atoms with Crippen LogP contribution >= 0.6 is 0 Å². The van der Waals surface area contributed by atoms with Gasteiger partial charge in [-0.15, -0.1) is 0 Å². The van der Waals surface area contributed by atoms with E-state index >= 15 is 4.39 Å². The van der Waals surface area contributed by atoms with Gasteiger partial charge in [0.25, 0.3) is 5.56 Å². The number of nitrogens with two attached hydrogens (primary N) is 2. The molecule has 0 amide bonds. The Kier molecular flexibility index (Phi) is 4.68. The van der Waals surface area contributed by atoms with E-state index in [0.29, 0.717) is 0 Å². The van der Waals surface area contributed by atoms with E-state index in [1.54, 1.807) is 20.8 Å². The summed E-state index contributed by atoms with van der Waals surface area (Å²) in [4.78, 5) is 34.2. The van der Waals surface area contributed by atoms with Crippen LogP contribution in [0.3, 0.4) is 0 Å². The smallest absolute Gasteiger partial charge is 0.323 e. The van der Waals surface area contributed by atoms with Gasteiger partial charge in [0.05, 0.1) is 6.33 Å². The van der Waals surface area contributed by atoms with Gasteiger partial charge in [-0.25, -0.2) is 9.37 Å². The number of halogens is 1. The maximum absolute atomic E-state index is 15.1. The maximum atomic E-state index is 15.1. The first kappa shape index (κ1) is 19.2. The molecule has 1 aliphatic rings. The first-order chi connectivity index (χ1) is 12.5. The van der Waals surface area contributed by atoms with Crippen molar-refractivity contribution in [2.45, 2.75) is 51.2 Å². The number of nitrogens with one attached hydrogen (secondary N) is 1. The van der Waals surface area contributed by atoms with Gasteiger partial charge in [-0.3, -0.25) is 19.1 Å². The van der Waals surface area contributed by atoms with Crippen LogP contribution in [0.5, 0.6) is 0 Å². The number of nitrogens with zero attached hydrogens (tertiary/aromatic N) is 3. The van der Waals surface area contributed by atoms with Crippen molar-refractivity contribution in [1.82, 2.24) is 19.5 Å². The molecule has 0 aliphatic carbocycles. The van der Waals surface area contributed by atoms with Gasteiger partial charge in [0.15, 0.2) is 17.8 Å². The van der Waals surface area contributed by atoms with Gasteiger partial charge in [-0.2, -0.15) is 4.98 Å². The lowest BCUT2D eigenvalue weighted by molar-refractivity contribution is -0.223. The number of esters is 1. The van der Waals surface area contributed by atoms with E-state index in [2.05, 4.69) is 15.0 Å². The van der Waals surface area contributed by atoms with E-state index in [9.17, 15) is 9.59 Å². The predicted octanol–water partition coefficient (Wildman–Crippen LogP) is 0.377. The fourth-order valence-electron chi connectivity index (χ4n) is 3.01. The molecule has 3 heterocycles. The Morgan fingerprint density at radius 3 is 2.89 bits per heavy atom. The summed E-state index contributed by atoms with van der Waals surface area (Å²) >= 11 is 0. The zero-order valence-electron chi connectivity index (χ0n) is 15.4. The van der Waals surface area contributed by atoms with Crippen molar-refractivity contribution in [1.29, 1.82) is 0 Å². The highest BCUT2D eigenvalue weighted by Crippen LogP contribution is 2.43. The molecule has 0 bridgehead atoms. The fourth-order valence-corrected chi connectivity index (χ4v) is 3.01. The molecule has 0 radical (unpaired) electrons. The molecule has 1 fully saturated rings. The number of alkyl halides is 1. The molecule has 2 aromatic rings. The number of ether oxygens (including phenoxy) is 2. The summed E-state index contributed by atoms with van der Waals surface area (Å²) in [7, 11) is 0. The number of fused-ring (bicyclic) bond motifs is 1. The van der Waals surface area contributed by atoms with Crippen molar-refractivity contribution in [2.75, 3.05) is 12.3 Å². The van der Waals surface area contributed by atoms with E-state index in [1.807, 2.05) is 0 Å². The van der Waals surface area contributed by atoms with Crippen LogP contribution in [0.15, 0.2) is 11.1 Å². The van der Waals surface area contributed by atoms with Crippen LogP contribution in [-0.4, -0.2) is 44.0 Å². The number of nitrogen functional groups attached to an aromatic ring is 1. The monoisotopic (exact) mass is 382 g/mol. The lowest BCUT2D eigenvalue weighted by Gasteiger charge is -2.29. The zero-order chi connectivity index (χ0) is 20.0. The van der Waals surface area contributed by atoms with E-state index in [4.69, 9.17) is 20.9 Å². The van der Waals surface area contributed by atoms with Crippen LogP contribution in [0.2, 0.25) is 0 Å². The molecule has 148 valence electrons. The van der Waals surface area contributed by atoms with Crippen molar-refractivity contribution in [3.05, 3.63) is 16.7 Å². The molecule has 0 saturated carbocycles. The van der Waals surface area contributed by atoms with Crippen LogP contribution in [0, 0.1) is 5.92 Å². The van der Waals surface area contributed by atoms with Crippen molar-refractivity contribution >= 4 is 23.1 Å². The van der Waals surface area contributed by atoms with E-state index in [0.717, 1.165) is 0 Å². The van der Waals surface area contributed by atoms with Gasteiger partial charge in [0.2, 0.25) is 11.8 Å². The summed E-state index contributed by atoms with van der Waals surface area (Å²) < 4.78 is 27.2. The maximum Gasteiger partial charge on any atom is 0.323 e. The minimum atomic E-state index is -2.19. The summed E-state index contributed by atoms with van der Waals surface area (Å²) in [6.07, 6.45) is 1.57. The second kappa shape index (κ2) is 6.57. The van der Waals surface area contributed by atoms with Crippen LogP contribution in [0.25, 0.3) is 11.2 Å².